The molecule has 0 radical (unpaired) electrons. The third-order valence-corrected chi connectivity index (χ3v) is 6.94. The average molecular weight is 415 g/mol. The van der Waals surface area contributed by atoms with E-state index in [4.69, 9.17) is 0 Å². The molecule has 1 aliphatic heterocycles. The van der Waals surface area contributed by atoms with E-state index in [9.17, 15) is 14.4 Å². The van der Waals surface area contributed by atoms with Crippen molar-refractivity contribution in [2.24, 2.45) is 11.8 Å². The first kappa shape index (κ1) is 21.0. The molecule has 4 rings (SSSR count). The van der Waals surface area contributed by atoms with Gasteiger partial charge in [-0.15, -0.1) is 0 Å². The molecule has 6 heteroatoms. The Morgan fingerprint density at radius 1 is 1.10 bits per heavy atom. The molecule has 1 unspecified atom stereocenters. The highest BCUT2D eigenvalue weighted by molar-refractivity contribution is 5.98. The molecule has 0 bridgehead atoms. The minimum Gasteiger partial charge on any atom is -0.342 e. The van der Waals surface area contributed by atoms with E-state index in [1.165, 1.54) is 6.07 Å². The number of ketones is 1. The smallest absolute Gasteiger partial charge is 0.254 e. The van der Waals surface area contributed by atoms with Crippen molar-refractivity contribution in [3.8, 4) is 0 Å². The standard InChI is InChI=1S/C24H31FN2O3/c1-2-20(28)22(15-7-4-3-5-8-15)26-23(29)19-10-6-9-18(21(19)25)17-13-27(14-17)24(30)16-11-12-16/h6,9-10,15-17,22H,2-5,7-8,11-14H2,1H3,(H,26,29). The molecule has 1 atom stereocenters. The van der Waals surface area contributed by atoms with Gasteiger partial charge in [0.2, 0.25) is 5.91 Å². The van der Waals surface area contributed by atoms with Crippen molar-refractivity contribution in [1.29, 1.82) is 0 Å². The van der Waals surface area contributed by atoms with Crippen LogP contribution in [-0.2, 0) is 9.59 Å². The van der Waals surface area contributed by atoms with E-state index in [0.29, 0.717) is 25.1 Å². The Bertz CT molecular complexity index is 824. The van der Waals surface area contributed by atoms with E-state index in [1.54, 1.807) is 24.0 Å². The Kier molecular flexibility index (Phi) is 6.21. The number of nitrogens with zero attached hydrogens (tertiary/aromatic N) is 1. The predicted octanol–water partition coefficient (Wildman–Crippen LogP) is 3.82. The van der Waals surface area contributed by atoms with E-state index in [1.807, 2.05) is 0 Å². The van der Waals surface area contributed by atoms with Crippen LogP contribution in [-0.4, -0.2) is 41.6 Å². The number of carbonyl (C=O) groups excluding carboxylic acids is 3. The molecule has 5 nitrogen and oxygen atoms in total. The summed E-state index contributed by atoms with van der Waals surface area (Å²) in [5, 5.41) is 2.85. The van der Waals surface area contributed by atoms with Gasteiger partial charge in [-0.3, -0.25) is 14.4 Å². The minimum atomic E-state index is -0.541. The molecule has 1 aromatic rings. The molecule has 2 amide bonds. The van der Waals surface area contributed by atoms with Crippen molar-refractivity contribution in [2.45, 2.75) is 70.3 Å². The molecule has 1 saturated heterocycles. The van der Waals surface area contributed by atoms with Gasteiger partial charge in [0.15, 0.2) is 5.78 Å². The summed E-state index contributed by atoms with van der Waals surface area (Å²) in [6.07, 6.45) is 7.42. The molecule has 1 N–H and O–H groups in total. The minimum absolute atomic E-state index is 0.0100. The maximum Gasteiger partial charge on any atom is 0.254 e. The van der Waals surface area contributed by atoms with Gasteiger partial charge in [-0.2, -0.15) is 0 Å². The van der Waals surface area contributed by atoms with E-state index in [2.05, 4.69) is 5.32 Å². The number of halogens is 1. The third-order valence-electron chi connectivity index (χ3n) is 6.94. The van der Waals surface area contributed by atoms with Crippen molar-refractivity contribution in [3.05, 3.63) is 35.1 Å². The number of hydrogen-bond acceptors (Lipinski definition) is 3. The first-order chi connectivity index (χ1) is 14.5. The van der Waals surface area contributed by atoms with Gasteiger partial charge in [0.25, 0.3) is 5.91 Å². The summed E-state index contributed by atoms with van der Waals surface area (Å²) in [7, 11) is 0. The van der Waals surface area contributed by atoms with Crippen LogP contribution in [0.5, 0.6) is 0 Å². The summed E-state index contributed by atoms with van der Waals surface area (Å²) in [6.45, 7) is 2.82. The van der Waals surface area contributed by atoms with Crippen LogP contribution >= 0.6 is 0 Å². The molecule has 2 saturated carbocycles. The maximum absolute atomic E-state index is 15.2. The zero-order valence-electron chi connectivity index (χ0n) is 17.7. The fraction of sp³-hybridized carbons (Fsp3) is 0.625. The third kappa shape index (κ3) is 4.28. The van der Waals surface area contributed by atoms with Gasteiger partial charge in [0.1, 0.15) is 5.82 Å². The lowest BCUT2D eigenvalue weighted by Crippen LogP contribution is -2.49. The molecule has 0 aromatic heterocycles. The zero-order chi connectivity index (χ0) is 21.3. The zero-order valence-corrected chi connectivity index (χ0v) is 17.7. The van der Waals surface area contributed by atoms with Gasteiger partial charge in [-0.05, 0) is 43.2 Å². The van der Waals surface area contributed by atoms with E-state index < -0.39 is 17.8 Å². The van der Waals surface area contributed by atoms with Crippen LogP contribution in [0.25, 0.3) is 0 Å². The maximum atomic E-state index is 15.2. The number of rotatable bonds is 7. The largest absolute Gasteiger partial charge is 0.342 e. The second kappa shape index (κ2) is 8.86. The first-order valence-electron chi connectivity index (χ1n) is 11.4. The lowest BCUT2D eigenvalue weighted by molar-refractivity contribution is -0.137. The Morgan fingerprint density at radius 2 is 1.80 bits per heavy atom. The molecular weight excluding hydrogens is 383 g/mol. The molecule has 1 heterocycles. The van der Waals surface area contributed by atoms with Gasteiger partial charge in [-0.25, -0.2) is 4.39 Å². The Hall–Kier alpha value is -2.24. The van der Waals surface area contributed by atoms with Crippen molar-refractivity contribution >= 4 is 17.6 Å². The Morgan fingerprint density at radius 3 is 2.43 bits per heavy atom. The van der Waals surface area contributed by atoms with Gasteiger partial charge >= 0.3 is 0 Å². The van der Waals surface area contributed by atoms with Gasteiger partial charge in [0.05, 0.1) is 11.6 Å². The van der Waals surface area contributed by atoms with Crippen LogP contribution in [0, 0.1) is 17.7 Å². The van der Waals surface area contributed by atoms with Crippen molar-refractivity contribution < 1.29 is 18.8 Å². The van der Waals surface area contributed by atoms with Crippen molar-refractivity contribution in [3.63, 3.8) is 0 Å². The summed E-state index contributed by atoms with van der Waals surface area (Å²) in [5.74, 6) is -0.626. The fourth-order valence-corrected chi connectivity index (χ4v) is 4.85. The normalized spacial score (nSPS) is 21.1. The summed E-state index contributed by atoms with van der Waals surface area (Å²) in [6, 6.07) is 4.33. The quantitative estimate of drug-likeness (QED) is 0.738. The number of likely N-dealkylation sites (tertiary alicyclic amines) is 1. The molecule has 1 aromatic carbocycles. The molecule has 3 fully saturated rings. The van der Waals surface area contributed by atoms with E-state index in [0.717, 1.165) is 44.9 Å². The summed E-state index contributed by atoms with van der Waals surface area (Å²) >= 11 is 0. The fourth-order valence-electron chi connectivity index (χ4n) is 4.85. The second-order valence-electron chi connectivity index (χ2n) is 9.09. The number of Topliss-reactive ketones (excluding diaryl/α,β-unsaturated/α-hetero) is 1. The molecule has 2 aliphatic carbocycles. The van der Waals surface area contributed by atoms with Crippen LogP contribution in [0.15, 0.2) is 18.2 Å². The van der Waals surface area contributed by atoms with Crippen LogP contribution in [0.3, 0.4) is 0 Å². The van der Waals surface area contributed by atoms with E-state index >= 15 is 4.39 Å². The van der Waals surface area contributed by atoms with Gasteiger partial charge in [0, 0.05) is 31.3 Å². The Balaban J connectivity index is 1.45. The highest BCUT2D eigenvalue weighted by Gasteiger charge is 2.40. The molecule has 3 aliphatic rings. The van der Waals surface area contributed by atoms with Gasteiger partial charge < -0.3 is 10.2 Å². The summed E-state index contributed by atoms with van der Waals surface area (Å²) in [4.78, 5) is 39.3. The molecule has 30 heavy (non-hydrogen) atoms. The molecular formula is C24H31FN2O3. The average Bonchev–Trinajstić information content (AvgIpc) is 3.57. The number of hydrogen-bond donors (Lipinski definition) is 1. The van der Waals surface area contributed by atoms with Crippen molar-refractivity contribution in [1.82, 2.24) is 10.2 Å². The SMILES string of the molecule is CCC(=O)C(NC(=O)c1cccc(C2CN(C(=O)C3CC3)C2)c1F)C1CCCCC1. The van der Waals surface area contributed by atoms with Crippen molar-refractivity contribution in [2.75, 3.05) is 13.1 Å². The summed E-state index contributed by atoms with van der Waals surface area (Å²) in [5.41, 5.74) is 0.475. The van der Waals surface area contributed by atoms with Crippen LogP contribution in [0.2, 0.25) is 0 Å². The highest BCUT2D eigenvalue weighted by atomic mass is 19.1. The van der Waals surface area contributed by atoms with Gasteiger partial charge in [-0.1, -0.05) is 38.3 Å². The van der Waals surface area contributed by atoms with Crippen LogP contribution < -0.4 is 5.32 Å². The lowest BCUT2D eigenvalue weighted by Gasteiger charge is -2.40. The molecule has 0 spiro atoms. The monoisotopic (exact) mass is 414 g/mol. The lowest BCUT2D eigenvalue weighted by atomic mass is 9.81. The second-order valence-corrected chi connectivity index (χ2v) is 9.09. The first-order valence-corrected chi connectivity index (χ1v) is 11.4. The summed E-state index contributed by atoms with van der Waals surface area (Å²) < 4.78 is 15.2. The number of benzene rings is 1. The topological polar surface area (TPSA) is 66.5 Å². The number of nitrogens with one attached hydrogen (secondary N) is 1. The highest BCUT2D eigenvalue weighted by Crippen LogP contribution is 2.37. The molecule has 162 valence electrons. The van der Waals surface area contributed by atoms with Crippen LogP contribution in [0.1, 0.15) is 80.1 Å². The van der Waals surface area contributed by atoms with E-state index in [-0.39, 0.29) is 35.0 Å². The Labute approximate surface area is 177 Å². The van der Waals surface area contributed by atoms with Crippen LogP contribution in [0.4, 0.5) is 4.39 Å². The predicted molar refractivity (Wildman–Crippen MR) is 112 cm³/mol. The number of carbonyl (C=O) groups is 3. The number of amides is 2.